The summed E-state index contributed by atoms with van der Waals surface area (Å²) >= 11 is 0. The van der Waals surface area contributed by atoms with E-state index in [9.17, 15) is 0 Å². The molecule has 0 saturated heterocycles. The maximum Gasteiger partial charge on any atom is 0.143 e. The average Bonchev–Trinajstić information content (AvgIpc) is 1.54. The van der Waals surface area contributed by atoms with E-state index in [4.69, 9.17) is 8.83 Å². The molecule has 15 aromatic rings. The van der Waals surface area contributed by atoms with E-state index in [1.165, 1.54) is 221 Å². The number of unbranched alkanes of at least 4 members (excludes halogenated alkanes) is 8. The van der Waals surface area contributed by atoms with Crippen LogP contribution >= 0.6 is 0 Å². The van der Waals surface area contributed by atoms with Crippen LogP contribution in [0.4, 0.5) is 17.1 Å². The SMILES string of the molecule is CCCCCCCC1(CCCCCCC)c2ccccc2-c2ccc(-c3ccc4c(c3)C(C)(C)c3cc(-c5ccc(-c6cc7c(c8c6oc6ccccc68)-c6ccc(N(c8ccc(C)cc8)c8ccc9c(c8)C(C)(C)c8cc%10c(cc8-9)C(C)(C)c8ccc9oc%11ccccc%11c9c8-%10)cc6C7(C)C)cc5)ccc3-4)cc21. The van der Waals surface area contributed by atoms with Crippen LogP contribution in [0.15, 0.2) is 251 Å². The van der Waals surface area contributed by atoms with Gasteiger partial charge in [0, 0.05) is 71.2 Å². The Labute approximate surface area is 643 Å². The number of nitrogens with zero attached hydrogens (tertiary/aromatic N) is 1. The number of hydrogen-bond donors (Lipinski definition) is 0. The van der Waals surface area contributed by atoms with E-state index in [0.717, 1.165) is 55.9 Å². The molecule has 0 radical (unpaired) electrons. The molecule has 2 aromatic heterocycles. The summed E-state index contributed by atoms with van der Waals surface area (Å²) in [5.41, 5.74) is 42.2. The van der Waals surface area contributed by atoms with Gasteiger partial charge in [-0.15, -0.1) is 0 Å². The number of aryl methyl sites for hydroxylation is 1. The Morgan fingerprint density at radius 1 is 0.275 bits per heavy atom. The number of rotatable bonds is 18. The van der Waals surface area contributed by atoms with Gasteiger partial charge >= 0.3 is 0 Å². The predicted octanol–water partition coefficient (Wildman–Crippen LogP) is 30.5. The molecule has 0 saturated carbocycles. The quantitative estimate of drug-likeness (QED) is 0.0802. The Kier molecular flexibility index (Phi) is 15.4. The lowest BCUT2D eigenvalue weighted by atomic mass is 9.70. The van der Waals surface area contributed by atoms with Crippen LogP contribution in [0.1, 0.15) is 207 Å². The molecule has 0 unspecified atom stereocenters. The number of anilines is 3. The van der Waals surface area contributed by atoms with Gasteiger partial charge in [-0.2, -0.15) is 0 Å². The van der Waals surface area contributed by atoms with Gasteiger partial charge in [-0.05, 0) is 250 Å². The Bertz CT molecular complexity index is 6260. The van der Waals surface area contributed by atoms with Crippen molar-refractivity contribution in [2.24, 2.45) is 0 Å². The largest absolute Gasteiger partial charge is 0.456 e. The molecule has 20 rings (SSSR count). The van der Waals surface area contributed by atoms with Crippen molar-refractivity contribution in [2.75, 3.05) is 4.90 Å². The molecule has 0 bridgehead atoms. The van der Waals surface area contributed by atoms with Crippen LogP contribution in [0, 0.1) is 6.92 Å². The molecular formula is C106H97NO2. The van der Waals surface area contributed by atoms with Gasteiger partial charge < -0.3 is 13.7 Å². The second-order valence-corrected chi connectivity index (χ2v) is 35.0. The van der Waals surface area contributed by atoms with E-state index < -0.39 is 0 Å². The molecule has 0 spiro atoms. The predicted molar refractivity (Wildman–Crippen MR) is 460 cm³/mol. The fraction of sp³-hybridized carbons (Fsp3) is 0.264. The monoisotopic (exact) mass is 1420 g/mol. The van der Waals surface area contributed by atoms with Crippen LogP contribution in [-0.2, 0) is 27.1 Å². The van der Waals surface area contributed by atoms with Crippen molar-refractivity contribution in [3.8, 4) is 89.0 Å². The van der Waals surface area contributed by atoms with Gasteiger partial charge in [-0.3, -0.25) is 0 Å². The zero-order valence-corrected chi connectivity index (χ0v) is 65.3. The molecule has 0 aliphatic heterocycles. The summed E-state index contributed by atoms with van der Waals surface area (Å²) in [5.74, 6) is 0. The van der Waals surface area contributed by atoms with Crippen LogP contribution in [0.2, 0.25) is 0 Å². The van der Waals surface area contributed by atoms with Gasteiger partial charge in [0.05, 0.1) is 0 Å². The highest BCUT2D eigenvalue weighted by Gasteiger charge is 2.46. The van der Waals surface area contributed by atoms with Crippen LogP contribution in [-0.4, -0.2) is 0 Å². The second kappa shape index (κ2) is 24.9. The number of furan rings is 2. The lowest BCUT2D eigenvalue weighted by molar-refractivity contribution is 0.399. The lowest BCUT2D eigenvalue weighted by Crippen LogP contribution is -2.25. The smallest absolute Gasteiger partial charge is 0.143 e. The third-order valence-corrected chi connectivity index (χ3v) is 27.3. The summed E-state index contributed by atoms with van der Waals surface area (Å²) in [4.78, 5) is 2.50. The Morgan fingerprint density at radius 3 is 1.36 bits per heavy atom. The first-order valence-electron chi connectivity index (χ1n) is 40.8. The highest BCUT2D eigenvalue weighted by atomic mass is 16.3. The molecule has 0 amide bonds. The Morgan fingerprint density at radius 2 is 0.706 bits per heavy atom. The maximum atomic E-state index is 7.12. The molecular weight excluding hydrogens is 1320 g/mol. The third-order valence-electron chi connectivity index (χ3n) is 27.3. The molecule has 3 nitrogen and oxygen atoms in total. The van der Waals surface area contributed by atoms with Crippen molar-refractivity contribution in [1.82, 2.24) is 0 Å². The highest BCUT2D eigenvalue weighted by molar-refractivity contribution is 6.19. The summed E-state index contributed by atoms with van der Waals surface area (Å²) in [5, 5.41) is 4.73. The van der Waals surface area contributed by atoms with Crippen LogP contribution < -0.4 is 4.90 Å². The standard InChI is InChI=1S/C106H97NO2/c1-12-14-16-18-26-54-106(55-27-19-17-15-13-2)84-31-23-20-28-73(84)76-49-42-69(58-92(76)106)68-41-48-75-74-47-40-67(56-86(74)103(6,7)87(75)57-68)65-36-38-66(39-37-65)81-61-93-97(100-80-30-22-25-33-95(80)109-101(81)100)78-51-46-72(60-89(78)105(93,10)11)107(70-43-34-64(3)35-44-70)71-45-50-77-82-62-91-83(63-90(82)104(8,9)88(77)59-71)98-85(102(91,4)5)52-53-96-99(98)79-29-21-24-32-94(79)108-96/h20-25,28-53,56-63H,12-19,26-27,54-55H2,1-11H3. The number of para-hydroxylation sites is 2. The summed E-state index contributed by atoms with van der Waals surface area (Å²) in [7, 11) is 0. The van der Waals surface area contributed by atoms with Crippen molar-refractivity contribution in [3.05, 3.63) is 304 Å². The minimum atomic E-state index is -0.362. The Hall–Kier alpha value is -10.7. The van der Waals surface area contributed by atoms with E-state index in [1.807, 2.05) is 0 Å². The topological polar surface area (TPSA) is 29.5 Å². The summed E-state index contributed by atoms with van der Waals surface area (Å²) in [6.07, 6.45) is 15.5. The molecule has 5 aliphatic carbocycles. The fourth-order valence-electron chi connectivity index (χ4n) is 21.3. The minimum Gasteiger partial charge on any atom is -0.456 e. The van der Waals surface area contributed by atoms with Crippen LogP contribution in [0.5, 0.6) is 0 Å². The van der Waals surface area contributed by atoms with E-state index in [0.29, 0.717) is 0 Å². The molecule has 538 valence electrons. The van der Waals surface area contributed by atoms with Gasteiger partial charge in [-0.1, -0.05) is 291 Å². The third kappa shape index (κ3) is 10.1. The molecule has 2 heterocycles. The van der Waals surface area contributed by atoms with Gasteiger partial charge in [0.2, 0.25) is 0 Å². The van der Waals surface area contributed by atoms with E-state index in [1.54, 1.807) is 11.1 Å². The first-order chi connectivity index (χ1) is 52.9. The number of benzene rings is 13. The van der Waals surface area contributed by atoms with E-state index in [2.05, 4.69) is 324 Å². The average molecular weight is 1420 g/mol. The second-order valence-electron chi connectivity index (χ2n) is 35.0. The Balaban J connectivity index is 0.621. The molecule has 109 heavy (non-hydrogen) atoms. The van der Waals surface area contributed by atoms with Crippen molar-refractivity contribution < 1.29 is 8.83 Å². The summed E-state index contributed by atoms with van der Waals surface area (Å²) in [6.45, 7) is 26.3. The highest BCUT2D eigenvalue weighted by Crippen LogP contribution is 2.62. The van der Waals surface area contributed by atoms with E-state index >= 15 is 0 Å². The van der Waals surface area contributed by atoms with Crippen molar-refractivity contribution in [2.45, 2.75) is 180 Å². The molecule has 0 fully saturated rings. The minimum absolute atomic E-state index is 0.0466. The fourth-order valence-corrected chi connectivity index (χ4v) is 21.3. The number of fused-ring (bicyclic) bond motifs is 23. The van der Waals surface area contributed by atoms with Gasteiger partial charge in [0.1, 0.15) is 22.3 Å². The first-order valence-corrected chi connectivity index (χ1v) is 40.8. The van der Waals surface area contributed by atoms with E-state index in [-0.39, 0.29) is 27.1 Å². The normalized spacial score (nSPS) is 15.6. The zero-order valence-electron chi connectivity index (χ0n) is 65.3. The van der Waals surface area contributed by atoms with Gasteiger partial charge in [-0.25, -0.2) is 0 Å². The molecule has 0 atom stereocenters. The summed E-state index contributed by atoms with van der Waals surface area (Å²) in [6, 6.07) is 93.8. The van der Waals surface area contributed by atoms with Gasteiger partial charge in [0.15, 0.2) is 0 Å². The van der Waals surface area contributed by atoms with Gasteiger partial charge in [0.25, 0.3) is 0 Å². The molecule has 5 aliphatic rings. The number of hydrogen-bond acceptors (Lipinski definition) is 3. The van der Waals surface area contributed by atoms with Crippen LogP contribution in [0.3, 0.4) is 0 Å². The maximum absolute atomic E-state index is 7.12. The molecule has 0 N–H and O–H groups in total. The van der Waals surface area contributed by atoms with Crippen molar-refractivity contribution in [1.29, 1.82) is 0 Å². The van der Waals surface area contributed by atoms with Crippen LogP contribution in [0.25, 0.3) is 133 Å². The lowest BCUT2D eigenvalue weighted by Gasteiger charge is -2.33. The first kappa shape index (κ1) is 67.6. The summed E-state index contributed by atoms with van der Waals surface area (Å²) < 4.78 is 13.6. The van der Waals surface area contributed by atoms with Crippen molar-refractivity contribution in [3.63, 3.8) is 0 Å². The van der Waals surface area contributed by atoms with Crippen molar-refractivity contribution >= 4 is 60.9 Å². The molecule has 13 aromatic carbocycles. The zero-order chi connectivity index (χ0) is 74.2. The molecule has 3 heteroatoms.